The number of methoxy groups -OCH3 is 1. The minimum atomic E-state index is -0.943. The molecule has 0 amide bonds. The lowest BCUT2D eigenvalue weighted by atomic mass is 10.1. The number of para-hydroxylation sites is 1. The van der Waals surface area contributed by atoms with Crippen LogP contribution in [0.5, 0.6) is 5.75 Å². The molecule has 1 N–H and O–H groups in total. The Morgan fingerprint density at radius 3 is 2.86 bits per heavy atom. The van der Waals surface area contributed by atoms with Crippen molar-refractivity contribution in [1.82, 2.24) is 9.55 Å². The molecule has 5 heteroatoms. The van der Waals surface area contributed by atoms with Crippen molar-refractivity contribution in [3.8, 4) is 5.75 Å². The van der Waals surface area contributed by atoms with E-state index in [0.717, 1.165) is 22.3 Å². The van der Waals surface area contributed by atoms with Gasteiger partial charge in [-0.3, -0.25) is 0 Å². The van der Waals surface area contributed by atoms with Gasteiger partial charge in [0.15, 0.2) is 0 Å². The highest BCUT2D eigenvalue weighted by molar-refractivity contribution is 5.92. The minimum Gasteiger partial charge on any atom is -0.496 e. The summed E-state index contributed by atoms with van der Waals surface area (Å²) in [6.07, 6.45) is 1.71. The predicted molar refractivity (Wildman–Crippen MR) is 78.8 cm³/mol. The van der Waals surface area contributed by atoms with E-state index in [2.05, 4.69) is 4.98 Å². The Bertz CT molecular complexity index is 808. The van der Waals surface area contributed by atoms with Gasteiger partial charge in [0.2, 0.25) is 0 Å². The second kappa shape index (κ2) is 5.28. The molecule has 0 aliphatic carbocycles. The monoisotopic (exact) mass is 282 g/mol. The molecule has 2 aromatic carbocycles. The maximum absolute atomic E-state index is 11.1. The van der Waals surface area contributed by atoms with E-state index < -0.39 is 5.97 Å². The van der Waals surface area contributed by atoms with Gasteiger partial charge in [0.1, 0.15) is 5.75 Å². The first-order valence-corrected chi connectivity index (χ1v) is 6.49. The maximum atomic E-state index is 11.1. The molecule has 3 rings (SSSR count). The lowest BCUT2D eigenvalue weighted by molar-refractivity contribution is 0.0697. The van der Waals surface area contributed by atoms with Gasteiger partial charge < -0.3 is 14.4 Å². The zero-order chi connectivity index (χ0) is 14.8. The molecule has 0 spiro atoms. The van der Waals surface area contributed by atoms with E-state index in [-0.39, 0.29) is 5.56 Å². The number of rotatable bonds is 4. The van der Waals surface area contributed by atoms with Crippen molar-refractivity contribution in [2.75, 3.05) is 7.11 Å². The Labute approximate surface area is 121 Å². The van der Waals surface area contributed by atoms with Gasteiger partial charge in [-0.2, -0.15) is 0 Å². The summed E-state index contributed by atoms with van der Waals surface area (Å²) >= 11 is 0. The Balaban J connectivity index is 2.04. The van der Waals surface area contributed by atoms with Crippen LogP contribution in [0.2, 0.25) is 0 Å². The molecule has 5 nitrogen and oxygen atoms in total. The molecule has 3 aromatic rings. The Morgan fingerprint density at radius 1 is 1.29 bits per heavy atom. The molecule has 0 bridgehead atoms. The molecule has 21 heavy (non-hydrogen) atoms. The molecule has 1 heterocycles. The smallest absolute Gasteiger partial charge is 0.335 e. The first kappa shape index (κ1) is 13.2. The zero-order valence-corrected chi connectivity index (χ0v) is 11.5. The number of fused-ring (bicyclic) bond motifs is 1. The van der Waals surface area contributed by atoms with Crippen LogP contribution in [0, 0.1) is 0 Å². The lowest BCUT2D eigenvalue weighted by Gasteiger charge is -2.09. The van der Waals surface area contributed by atoms with E-state index in [1.807, 2.05) is 28.8 Å². The minimum absolute atomic E-state index is 0.254. The van der Waals surface area contributed by atoms with Crippen molar-refractivity contribution in [1.29, 1.82) is 0 Å². The summed E-state index contributed by atoms with van der Waals surface area (Å²) in [5.74, 6) is -0.143. The fourth-order valence-corrected chi connectivity index (χ4v) is 2.33. The summed E-state index contributed by atoms with van der Waals surface area (Å²) in [6.45, 7) is 0.573. The van der Waals surface area contributed by atoms with Crippen molar-refractivity contribution in [3.05, 3.63) is 59.9 Å². The molecule has 0 aliphatic heterocycles. The fourth-order valence-electron chi connectivity index (χ4n) is 2.33. The number of aromatic nitrogens is 2. The average molecular weight is 282 g/mol. The Morgan fingerprint density at radius 2 is 2.10 bits per heavy atom. The van der Waals surface area contributed by atoms with Crippen LogP contribution in [-0.2, 0) is 6.54 Å². The van der Waals surface area contributed by atoms with Gasteiger partial charge in [-0.1, -0.05) is 18.2 Å². The van der Waals surface area contributed by atoms with Crippen LogP contribution < -0.4 is 4.74 Å². The number of carbonyl (C=O) groups is 1. The Kier molecular flexibility index (Phi) is 3.31. The third kappa shape index (κ3) is 2.45. The molecule has 106 valence electrons. The SMILES string of the molecule is COc1ccccc1Cn1cnc2ccc(C(=O)O)cc21. The van der Waals surface area contributed by atoms with Crippen LogP contribution >= 0.6 is 0 Å². The number of hydrogen-bond acceptors (Lipinski definition) is 3. The van der Waals surface area contributed by atoms with Gasteiger partial charge in [-0.25, -0.2) is 9.78 Å². The summed E-state index contributed by atoms with van der Waals surface area (Å²) in [4.78, 5) is 15.4. The van der Waals surface area contributed by atoms with E-state index in [4.69, 9.17) is 9.84 Å². The van der Waals surface area contributed by atoms with Crippen LogP contribution in [0.3, 0.4) is 0 Å². The quantitative estimate of drug-likeness (QED) is 0.799. The average Bonchev–Trinajstić information content (AvgIpc) is 2.90. The van der Waals surface area contributed by atoms with Crippen LogP contribution in [-0.4, -0.2) is 27.7 Å². The zero-order valence-electron chi connectivity index (χ0n) is 11.5. The van der Waals surface area contributed by atoms with Gasteiger partial charge in [-0.05, 0) is 24.3 Å². The van der Waals surface area contributed by atoms with Crippen molar-refractivity contribution in [2.45, 2.75) is 6.54 Å². The van der Waals surface area contributed by atoms with Gasteiger partial charge in [-0.15, -0.1) is 0 Å². The number of carboxylic acids is 1. The van der Waals surface area contributed by atoms with Gasteiger partial charge >= 0.3 is 5.97 Å². The molecule has 1 aromatic heterocycles. The first-order chi connectivity index (χ1) is 10.2. The number of ether oxygens (including phenoxy) is 1. The number of nitrogens with zero attached hydrogens (tertiary/aromatic N) is 2. The fraction of sp³-hybridized carbons (Fsp3) is 0.125. The molecule has 0 saturated heterocycles. The van der Waals surface area contributed by atoms with Crippen LogP contribution in [0.25, 0.3) is 11.0 Å². The largest absolute Gasteiger partial charge is 0.496 e. The Hall–Kier alpha value is -2.82. The standard InChI is InChI=1S/C16H14N2O3/c1-21-15-5-3-2-4-12(15)9-18-10-17-13-7-6-11(16(19)20)8-14(13)18/h2-8,10H,9H2,1H3,(H,19,20). The van der Waals surface area contributed by atoms with Crippen molar-refractivity contribution in [3.63, 3.8) is 0 Å². The van der Waals surface area contributed by atoms with Crippen molar-refractivity contribution < 1.29 is 14.6 Å². The highest BCUT2D eigenvalue weighted by Gasteiger charge is 2.09. The molecule has 0 aliphatic rings. The van der Waals surface area contributed by atoms with Crippen LogP contribution in [0.4, 0.5) is 0 Å². The summed E-state index contributed by atoms with van der Waals surface area (Å²) in [5, 5.41) is 9.09. The normalized spacial score (nSPS) is 10.7. The van der Waals surface area contributed by atoms with E-state index in [0.29, 0.717) is 6.54 Å². The predicted octanol–water partition coefficient (Wildman–Crippen LogP) is 2.79. The number of aromatic carboxylic acids is 1. The molecular weight excluding hydrogens is 268 g/mol. The van der Waals surface area contributed by atoms with E-state index in [1.54, 1.807) is 31.6 Å². The van der Waals surface area contributed by atoms with Crippen molar-refractivity contribution >= 4 is 17.0 Å². The summed E-state index contributed by atoms with van der Waals surface area (Å²) in [6, 6.07) is 12.7. The third-order valence-corrected chi connectivity index (χ3v) is 3.40. The number of hydrogen-bond donors (Lipinski definition) is 1. The second-order valence-corrected chi connectivity index (χ2v) is 4.69. The number of benzene rings is 2. The molecular formula is C16H14N2O3. The summed E-state index contributed by atoms with van der Waals surface area (Å²) in [5.41, 5.74) is 2.83. The van der Waals surface area contributed by atoms with Crippen molar-refractivity contribution in [2.24, 2.45) is 0 Å². The van der Waals surface area contributed by atoms with Gasteiger partial charge in [0.05, 0.1) is 36.6 Å². The molecule has 0 saturated carbocycles. The van der Waals surface area contributed by atoms with E-state index >= 15 is 0 Å². The van der Waals surface area contributed by atoms with Crippen LogP contribution in [0.15, 0.2) is 48.8 Å². The second-order valence-electron chi connectivity index (χ2n) is 4.69. The van der Waals surface area contributed by atoms with E-state index in [1.165, 1.54) is 0 Å². The third-order valence-electron chi connectivity index (χ3n) is 3.40. The van der Waals surface area contributed by atoms with E-state index in [9.17, 15) is 4.79 Å². The molecule has 0 atom stereocenters. The number of imidazole rings is 1. The summed E-state index contributed by atoms with van der Waals surface area (Å²) < 4.78 is 7.26. The lowest BCUT2D eigenvalue weighted by Crippen LogP contribution is -2.01. The first-order valence-electron chi connectivity index (χ1n) is 6.49. The van der Waals surface area contributed by atoms with Gasteiger partial charge in [0, 0.05) is 5.56 Å². The summed E-state index contributed by atoms with van der Waals surface area (Å²) in [7, 11) is 1.63. The topological polar surface area (TPSA) is 64.4 Å². The highest BCUT2D eigenvalue weighted by Crippen LogP contribution is 2.21. The van der Waals surface area contributed by atoms with Crippen LogP contribution in [0.1, 0.15) is 15.9 Å². The molecule has 0 fully saturated rings. The number of carboxylic acid groups (broad SMARTS) is 1. The van der Waals surface area contributed by atoms with Gasteiger partial charge in [0.25, 0.3) is 0 Å². The maximum Gasteiger partial charge on any atom is 0.335 e. The molecule has 0 radical (unpaired) electrons. The highest BCUT2D eigenvalue weighted by atomic mass is 16.5. The molecule has 0 unspecified atom stereocenters.